The lowest BCUT2D eigenvalue weighted by Gasteiger charge is -2.69. The molecule has 4 nitrogen and oxygen atoms in total. The van der Waals surface area contributed by atoms with E-state index in [2.05, 4.69) is 46.8 Å². The quantitative estimate of drug-likeness (QED) is 0.464. The van der Waals surface area contributed by atoms with Crippen molar-refractivity contribution in [2.45, 2.75) is 105 Å². The van der Waals surface area contributed by atoms with Gasteiger partial charge in [-0.05, 0) is 102 Å². The molecular formula is C30H44O4. The molecule has 0 spiro atoms. The first-order valence-electron chi connectivity index (χ1n) is 13.5. The molecule has 2 N–H and O–H groups in total. The van der Waals surface area contributed by atoms with Crippen LogP contribution < -0.4 is 0 Å². The molecule has 0 aliphatic heterocycles. The number of carboxylic acid groups (broad SMARTS) is 1. The Bertz CT molecular complexity index is 992. The Kier molecular flexibility index (Phi) is 5.06. The van der Waals surface area contributed by atoms with Crippen LogP contribution in [0.25, 0.3) is 0 Å². The Morgan fingerprint density at radius 3 is 2.29 bits per heavy atom. The second kappa shape index (κ2) is 7.08. The van der Waals surface area contributed by atoms with Crippen LogP contribution in [0, 0.1) is 44.3 Å². The first-order chi connectivity index (χ1) is 15.7. The largest absolute Gasteiger partial charge is 0.481 e. The molecule has 0 radical (unpaired) electrons. The lowest BCUT2D eigenvalue weighted by molar-refractivity contribution is -0.186. The number of allylic oxidation sites excluding steroid dienone is 3. The smallest absolute Gasteiger partial charge is 0.313 e. The Labute approximate surface area is 205 Å². The van der Waals surface area contributed by atoms with Gasteiger partial charge in [0.2, 0.25) is 0 Å². The molecule has 5 aliphatic rings. The van der Waals surface area contributed by atoms with Crippen LogP contribution in [0.15, 0.2) is 23.3 Å². The Balaban J connectivity index is 1.68. The van der Waals surface area contributed by atoms with E-state index >= 15 is 0 Å². The summed E-state index contributed by atoms with van der Waals surface area (Å²) in [5, 5.41) is 21.3. The molecule has 0 aromatic carbocycles. The van der Waals surface area contributed by atoms with E-state index in [1.54, 1.807) is 0 Å². The lowest BCUT2D eigenvalue weighted by atomic mass is 9.35. The molecule has 34 heavy (non-hydrogen) atoms. The van der Waals surface area contributed by atoms with Gasteiger partial charge in [-0.3, -0.25) is 4.79 Å². The molecule has 0 unspecified atom stereocenters. The minimum absolute atomic E-state index is 0.00761. The van der Waals surface area contributed by atoms with Crippen molar-refractivity contribution in [3.05, 3.63) is 23.3 Å². The Hall–Kier alpha value is -1.42. The van der Waals surface area contributed by atoms with E-state index < -0.39 is 22.9 Å². The number of hydrogen-bond donors (Lipinski definition) is 2. The molecule has 0 amide bonds. The van der Waals surface area contributed by atoms with E-state index in [0.29, 0.717) is 12.3 Å². The van der Waals surface area contributed by atoms with Crippen LogP contribution in [0.2, 0.25) is 0 Å². The zero-order valence-electron chi connectivity index (χ0n) is 22.0. The standard InChI is InChI=1S/C30H44O4/c1-25(2)13-15-30(24(33)34)16-14-28(5)19(20(30)17-25)7-8-22-26(3)11-10-23(32)27(4,18-31)21(26)9-12-29(22,28)6/h7-8,18,21-23,32H,9-17H2,1-6H3,(H,33,34)/t21-,22-,23-,26+,27+,28-,29-,30+/m1/s1. The fraction of sp³-hybridized carbons (Fsp3) is 0.800. The van der Waals surface area contributed by atoms with Crippen LogP contribution in [0.4, 0.5) is 0 Å². The van der Waals surface area contributed by atoms with Gasteiger partial charge < -0.3 is 15.0 Å². The van der Waals surface area contributed by atoms with E-state index in [4.69, 9.17) is 0 Å². The van der Waals surface area contributed by atoms with Gasteiger partial charge in [-0.25, -0.2) is 0 Å². The molecule has 0 aromatic rings. The summed E-state index contributed by atoms with van der Waals surface area (Å²) in [5.74, 6) is -0.155. The van der Waals surface area contributed by atoms with Crippen LogP contribution >= 0.6 is 0 Å². The van der Waals surface area contributed by atoms with E-state index in [9.17, 15) is 19.8 Å². The number of hydrogen-bond acceptors (Lipinski definition) is 3. The summed E-state index contributed by atoms with van der Waals surface area (Å²) in [6.45, 7) is 13.8. The normalized spacial score (nSPS) is 51.6. The summed E-state index contributed by atoms with van der Waals surface area (Å²) >= 11 is 0. The maximum absolute atomic E-state index is 12.7. The molecule has 0 saturated heterocycles. The highest BCUT2D eigenvalue weighted by Gasteiger charge is 2.68. The van der Waals surface area contributed by atoms with Crippen LogP contribution in [0.3, 0.4) is 0 Å². The fourth-order valence-electron chi connectivity index (χ4n) is 9.84. The van der Waals surface area contributed by atoms with E-state index in [1.807, 2.05) is 6.92 Å². The third-order valence-electron chi connectivity index (χ3n) is 12.4. The lowest BCUT2D eigenvalue weighted by Crippen LogP contribution is -2.64. The van der Waals surface area contributed by atoms with E-state index in [0.717, 1.165) is 57.7 Å². The average molecular weight is 469 g/mol. The summed E-state index contributed by atoms with van der Waals surface area (Å²) in [7, 11) is 0. The SMILES string of the molecule is CC1(C)CC[C@]2(C(=O)O)CC[C@]3(C)C(=C2C1)C=C[C@@H]1[C@@]2(C)CC[C@@H](O)[C@@](C)(C=O)[C@@H]2CC[C@]13C. The van der Waals surface area contributed by atoms with Crippen LogP contribution in [-0.4, -0.2) is 28.6 Å². The zero-order valence-corrected chi connectivity index (χ0v) is 22.0. The van der Waals surface area contributed by atoms with Gasteiger partial charge in [-0.15, -0.1) is 0 Å². The predicted molar refractivity (Wildman–Crippen MR) is 133 cm³/mol. The maximum Gasteiger partial charge on any atom is 0.313 e. The first-order valence-corrected chi connectivity index (χ1v) is 13.5. The van der Waals surface area contributed by atoms with Crippen molar-refractivity contribution in [1.29, 1.82) is 0 Å². The molecule has 0 heterocycles. The summed E-state index contributed by atoms with van der Waals surface area (Å²) in [6, 6.07) is 0. The first kappa shape index (κ1) is 24.3. The summed E-state index contributed by atoms with van der Waals surface area (Å²) in [6.07, 6.45) is 13.0. The van der Waals surface area contributed by atoms with E-state index in [-0.39, 0.29) is 27.6 Å². The maximum atomic E-state index is 12.7. The predicted octanol–water partition coefficient (Wildman–Crippen LogP) is 6.33. The van der Waals surface area contributed by atoms with Crippen LogP contribution in [-0.2, 0) is 9.59 Å². The molecular weight excluding hydrogens is 424 g/mol. The van der Waals surface area contributed by atoms with Crippen LogP contribution in [0.5, 0.6) is 0 Å². The number of carboxylic acids is 1. The van der Waals surface area contributed by atoms with E-state index in [1.165, 1.54) is 11.1 Å². The number of aliphatic hydroxyl groups is 1. The number of aliphatic carboxylic acids is 1. The fourth-order valence-corrected chi connectivity index (χ4v) is 9.84. The molecule has 188 valence electrons. The molecule has 0 bridgehead atoms. The van der Waals surface area contributed by atoms with Crippen LogP contribution in [0.1, 0.15) is 99.3 Å². The van der Waals surface area contributed by atoms with Crippen molar-refractivity contribution in [3.63, 3.8) is 0 Å². The van der Waals surface area contributed by atoms with Gasteiger partial charge in [0.25, 0.3) is 0 Å². The van der Waals surface area contributed by atoms with Gasteiger partial charge in [-0.2, -0.15) is 0 Å². The molecule has 3 fully saturated rings. The number of rotatable bonds is 2. The monoisotopic (exact) mass is 468 g/mol. The molecule has 4 heteroatoms. The third-order valence-corrected chi connectivity index (χ3v) is 12.4. The van der Waals surface area contributed by atoms with Crippen molar-refractivity contribution < 1.29 is 19.8 Å². The molecule has 0 aromatic heterocycles. The number of fused-ring (bicyclic) bond motifs is 6. The second-order valence-corrected chi connectivity index (χ2v) is 14.3. The topological polar surface area (TPSA) is 74.6 Å². The summed E-state index contributed by atoms with van der Waals surface area (Å²) in [5.41, 5.74) is 1.12. The van der Waals surface area contributed by atoms with Crippen molar-refractivity contribution in [3.8, 4) is 0 Å². The highest BCUT2D eigenvalue weighted by molar-refractivity contribution is 5.80. The molecule has 3 saturated carbocycles. The van der Waals surface area contributed by atoms with Crippen molar-refractivity contribution in [1.82, 2.24) is 0 Å². The molecule has 5 aliphatic carbocycles. The minimum atomic E-state index is -0.704. The van der Waals surface area contributed by atoms with Gasteiger partial charge in [0.05, 0.1) is 16.9 Å². The van der Waals surface area contributed by atoms with Gasteiger partial charge in [0.1, 0.15) is 6.29 Å². The third kappa shape index (κ3) is 2.75. The van der Waals surface area contributed by atoms with Gasteiger partial charge in [0.15, 0.2) is 0 Å². The zero-order chi connectivity index (χ0) is 24.9. The minimum Gasteiger partial charge on any atom is -0.481 e. The highest BCUT2D eigenvalue weighted by atomic mass is 16.4. The van der Waals surface area contributed by atoms with Crippen molar-refractivity contribution in [2.75, 3.05) is 0 Å². The number of aldehydes is 1. The highest BCUT2D eigenvalue weighted by Crippen LogP contribution is 2.74. The molecule has 8 atom stereocenters. The average Bonchev–Trinajstić information content (AvgIpc) is 2.76. The number of carbonyl (C=O) groups excluding carboxylic acids is 1. The number of aliphatic hydroxyl groups excluding tert-OH is 1. The Morgan fingerprint density at radius 2 is 1.65 bits per heavy atom. The van der Waals surface area contributed by atoms with Gasteiger partial charge in [0, 0.05) is 0 Å². The van der Waals surface area contributed by atoms with Gasteiger partial charge >= 0.3 is 5.97 Å². The summed E-state index contributed by atoms with van der Waals surface area (Å²) in [4.78, 5) is 25.0. The summed E-state index contributed by atoms with van der Waals surface area (Å²) < 4.78 is 0. The van der Waals surface area contributed by atoms with Crippen molar-refractivity contribution >= 4 is 12.3 Å². The second-order valence-electron chi connectivity index (χ2n) is 14.3. The molecule has 5 rings (SSSR count). The van der Waals surface area contributed by atoms with Gasteiger partial charge in [-0.1, -0.05) is 53.7 Å². The van der Waals surface area contributed by atoms with Crippen molar-refractivity contribution in [2.24, 2.45) is 44.3 Å². The number of carbonyl (C=O) groups is 2. The Morgan fingerprint density at radius 1 is 0.971 bits per heavy atom.